The van der Waals surface area contributed by atoms with Gasteiger partial charge in [0.25, 0.3) is 5.91 Å². The van der Waals surface area contributed by atoms with Crippen molar-refractivity contribution in [3.8, 4) is 0 Å². The number of hydrogen-bond acceptors (Lipinski definition) is 2. The van der Waals surface area contributed by atoms with Gasteiger partial charge >= 0.3 is 0 Å². The number of amides is 1. The Balaban J connectivity index is 2.68. The lowest BCUT2D eigenvalue weighted by Crippen LogP contribution is -2.12. The molecule has 0 fully saturated rings. The van der Waals surface area contributed by atoms with Crippen LogP contribution in [0.2, 0.25) is 5.15 Å². The zero-order valence-corrected chi connectivity index (χ0v) is 6.65. The third-order valence-electron chi connectivity index (χ3n) is 1.75. The lowest BCUT2D eigenvalue weighted by molar-refractivity contribution is 0.0965. The molecule has 62 valence electrons. The topological polar surface area (TPSA) is 42.0 Å². The smallest absolute Gasteiger partial charge is 0.253 e. The summed E-state index contributed by atoms with van der Waals surface area (Å²) in [5.41, 5.74) is 0.580. The van der Waals surface area contributed by atoms with Crippen molar-refractivity contribution in [1.82, 2.24) is 10.3 Å². The van der Waals surface area contributed by atoms with E-state index in [4.69, 9.17) is 11.6 Å². The number of fused-ring (bicyclic) bond motifs is 1. The fourth-order valence-electron chi connectivity index (χ4n) is 1.13. The van der Waals surface area contributed by atoms with Gasteiger partial charge in [-0.05, 0) is 0 Å². The van der Waals surface area contributed by atoms with E-state index in [2.05, 4.69) is 10.3 Å². The van der Waals surface area contributed by atoms with E-state index in [1.54, 1.807) is 0 Å². The van der Waals surface area contributed by atoms with Crippen LogP contribution in [0.25, 0.3) is 0 Å². The highest BCUT2D eigenvalue weighted by molar-refractivity contribution is 6.29. The van der Waals surface area contributed by atoms with Crippen LogP contribution in [0, 0.1) is 5.82 Å². The van der Waals surface area contributed by atoms with Crippen LogP contribution in [-0.4, -0.2) is 10.9 Å². The van der Waals surface area contributed by atoms with Crippen molar-refractivity contribution in [3.63, 3.8) is 0 Å². The van der Waals surface area contributed by atoms with Crippen LogP contribution in [-0.2, 0) is 6.54 Å². The van der Waals surface area contributed by atoms with Crippen molar-refractivity contribution in [2.24, 2.45) is 0 Å². The molecule has 5 heteroatoms. The van der Waals surface area contributed by atoms with E-state index in [0.717, 1.165) is 0 Å². The van der Waals surface area contributed by atoms with Crippen molar-refractivity contribution in [2.45, 2.75) is 6.54 Å². The van der Waals surface area contributed by atoms with Crippen molar-refractivity contribution >= 4 is 17.5 Å². The molecule has 1 N–H and O–H groups in total. The molecule has 1 aliphatic rings. The standard InChI is InChI=1S/C7H4ClFN2O/c8-6-5(9)3-1-11-7(12)4(3)2-10-6/h2H,1H2,(H,11,12). The first kappa shape index (κ1) is 7.49. The maximum atomic E-state index is 13.1. The number of aromatic nitrogens is 1. The first-order chi connectivity index (χ1) is 5.70. The first-order valence-corrected chi connectivity index (χ1v) is 3.69. The quantitative estimate of drug-likeness (QED) is 0.617. The number of nitrogens with one attached hydrogen (secondary N) is 1. The molecule has 1 aromatic rings. The average Bonchev–Trinajstić information content (AvgIpc) is 2.41. The molecular formula is C7H4ClFN2O. The highest BCUT2D eigenvalue weighted by atomic mass is 35.5. The largest absolute Gasteiger partial charge is 0.348 e. The van der Waals surface area contributed by atoms with Gasteiger partial charge in [0.05, 0.1) is 5.56 Å². The second-order valence-electron chi connectivity index (χ2n) is 2.44. The summed E-state index contributed by atoms with van der Waals surface area (Å²) in [5, 5.41) is 2.29. The van der Waals surface area contributed by atoms with Gasteiger partial charge in [-0.1, -0.05) is 11.6 Å². The third kappa shape index (κ3) is 0.881. The van der Waals surface area contributed by atoms with E-state index in [1.165, 1.54) is 6.20 Å². The average molecular weight is 187 g/mol. The summed E-state index contributed by atoms with van der Waals surface area (Å²) in [6.07, 6.45) is 1.28. The molecule has 0 radical (unpaired) electrons. The predicted molar refractivity (Wildman–Crippen MR) is 40.4 cm³/mol. The minimum absolute atomic E-state index is 0.190. The summed E-state index contributed by atoms with van der Waals surface area (Å²) in [7, 11) is 0. The number of carbonyl (C=O) groups excluding carboxylic acids is 1. The van der Waals surface area contributed by atoms with Gasteiger partial charge in [0, 0.05) is 18.3 Å². The second-order valence-corrected chi connectivity index (χ2v) is 2.80. The molecule has 2 rings (SSSR count). The SMILES string of the molecule is O=C1NCc2c1cnc(Cl)c2F. The summed E-state index contributed by atoms with van der Waals surface area (Å²) < 4.78 is 13.1. The molecule has 0 saturated heterocycles. The van der Waals surface area contributed by atoms with Crippen LogP contribution in [0.15, 0.2) is 6.20 Å². The van der Waals surface area contributed by atoms with E-state index in [9.17, 15) is 9.18 Å². The molecule has 1 aliphatic heterocycles. The molecule has 2 heterocycles. The van der Waals surface area contributed by atoms with Gasteiger partial charge in [-0.2, -0.15) is 0 Å². The molecule has 1 amide bonds. The lowest BCUT2D eigenvalue weighted by Gasteiger charge is -1.97. The maximum Gasteiger partial charge on any atom is 0.253 e. The minimum atomic E-state index is -0.604. The highest BCUT2D eigenvalue weighted by Gasteiger charge is 2.24. The van der Waals surface area contributed by atoms with E-state index >= 15 is 0 Å². The summed E-state index contributed by atoms with van der Waals surface area (Å²) in [6.45, 7) is 0.197. The minimum Gasteiger partial charge on any atom is -0.348 e. The van der Waals surface area contributed by atoms with Gasteiger partial charge in [0.15, 0.2) is 11.0 Å². The Morgan fingerprint density at radius 2 is 2.42 bits per heavy atom. The Hall–Kier alpha value is -1.16. The molecule has 0 atom stereocenters. The van der Waals surface area contributed by atoms with Crippen LogP contribution >= 0.6 is 11.6 Å². The summed E-state index contributed by atoms with van der Waals surface area (Å²) >= 11 is 5.41. The zero-order valence-electron chi connectivity index (χ0n) is 5.90. The van der Waals surface area contributed by atoms with Gasteiger partial charge in [-0.3, -0.25) is 4.79 Å². The second kappa shape index (κ2) is 2.42. The van der Waals surface area contributed by atoms with E-state index < -0.39 is 5.82 Å². The van der Waals surface area contributed by atoms with Crippen LogP contribution < -0.4 is 5.32 Å². The molecule has 0 bridgehead atoms. The Morgan fingerprint density at radius 3 is 3.17 bits per heavy atom. The Morgan fingerprint density at radius 1 is 1.67 bits per heavy atom. The molecule has 0 saturated carbocycles. The molecule has 1 aromatic heterocycles. The monoisotopic (exact) mass is 186 g/mol. The van der Waals surface area contributed by atoms with Crippen molar-refractivity contribution in [3.05, 3.63) is 28.3 Å². The number of pyridine rings is 1. The molecule has 0 spiro atoms. The summed E-state index contributed by atoms with van der Waals surface area (Å²) in [4.78, 5) is 14.5. The molecular weight excluding hydrogens is 183 g/mol. The third-order valence-corrected chi connectivity index (χ3v) is 2.01. The number of halogens is 2. The van der Waals surface area contributed by atoms with Crippen LogP contribution in [0.5, 0.6) is 0 Å². The highest BCUT2D eigenvalue weighted by Crippen LogP contribution is 2.22. The Labute approximate surface area is 72.6 Å². The van der Waals surface area contributed by atoms with Crippen LogP contribution in [0.3, 0.4) is 0 Å². The van der Waals surface area contributed by atoms with E-state index in [1.807, 2.05) is 0 Å². The van der Waals surface area contributed by atoms with Gasteiger partial charge < -0.3 is 5.32 Å². The zero-order chi connectivity index (χ0) is 8.72. The van der Waals surface area contributed by atoms with E-state index in [0.29, 0.717) is 5.56 Å². The van der Waals surface area contributed by atoms with Gasteiger partial charge in [-0.15, -0.1) is 0 Å². The fraction of sp³-hybridized carbons (Fsp3) is 0.143. The van der Waals surface area contributed by atoms with Gasteiger partial charge in [-0.25, -0.2) is 9.37 Å². The Kier molecular flexibility index (Phi) is 1.51. The van der Waals surface area contributed by atoms with Crippen molar-refractivity contribution in [2.75, 3.05) is 0 Å². The molecule has 0 unspecified atom stereocenters. The van der Waals surface area contributed by atoms with Crippen LogP contribution in [0.1, 0.15) is 15.9 Å². The summed E-state index contributed by atoms with van der Waals surface area (Å²) in [6, 6.07) is 0. The molecule has 12 heavy (non-hydrogen) atoms. The summed E-state index contributed by atoms with van der Waals surface area (Å²) in [5.74, 6) is -0.902. The number of nitrogens with zero attached hydrogens (tertiary/aromatic N) is 1. The van der Waals surface area contributed by atoms with Crippen molar-refractivity contribution < 1.29 is 9.18 Å². The lowest BCUT2D eigenvalue weighted by atomic mass is 10.2. The molecule has 3 nitrogen and oxygen atoms in total. The molecule has 0 aliphatic carbocycles. The predicted octanol–water partition coefficient (Wildman–Crippen LogP) is 1.12. The number of rotatable bonds is 0. The van der Waals surface area contributed by atoms with Gasteiger partial charge in [0.1, 0.15) is 0 Å². The normalized spacial score (nSPS) is 14.3. The number of carbonyl (C=O) groups is 1. The van der Waals surface area contributed by atoms with Crippen molar-refractivity contribution in [1.29, 1.82) is 0 Å². The van der Waals surface area contributed by atoms with Gasteiger partial charge in [0.2, 0.25) is 0 Å². The fourth-order valence-corrected chi connectivity index (χ4v) is 1.29. The molecule has 0 aromatic carbocycles. The Bertz CT molecular complexity index is 367. The first-order valence-electron chi connectivity index (χ1n) is 3.31. The maximum absolute atomic E-state index is 13.1. The van der Waals surface area contributed by atoms with E-state index in [-0.39, 0.29) is 23.2 Å². The number of hydrogen-bond donors (Lipinski definition) is 1. The van der Waals surface area contributed by atoms with Crippen LogP contribution in [0.4, 0.5) is 4.39 Å².